The van der Waals surface area contributed by atoms with Gasteiger partial charge in [-0.1, -0.05) is 63.2 Å². The Morgan fingerprint density at radius 2 is 1.52 bits per heavy atom. The molecular formula is C35H43N5O4. The second-order valence-electron chi connectivity index (χ2n) is 11.6. The zero-order valence-corrected chi connectivity index (χ0v) is 26.4. The molecule has 2 aromatic heterocycles. The van der Waals surface area contributed by atoms with Gasteiger partial charge in [0.05, 0.1) is 7.11 Å². The van der Waals surface area contributed by atoms with Crippen molar-refractivity contribution in [1.82, 2.24) is 14.9 Å². The third kappa shape index (κ3) is 6.72. The molecule has 3 aliphatic heterocycles. The summed E-state index contributed by atoms with van der Waals surface area (Å²) in [5, 5.41) is 0. The maximum Gasteiger partial charge on any atom is 0.356 e. The van der Waals surface area contributed by atoms with Crippen molar-refractivity contribution < 1.29 is 18.7 Å². The fourth-order valence-electron chi connectivity index (χ4n) is 6.31. The number of fused-ring (bicyclic) bond motifs is 2. The standard InChI is InChI=1S/C27H31N5O4.C6H6.C2H6/c1-16-7-8-30(11-16)20-9-17(2)24-22(10-20)36-25(29-24)26(33)32-14-18-12-31(13-19(18)15-32)23-6-4-5-21(28-23)27(34)35-3;1-2-4-6-5-3-1;1-2/h4-6,9-10,16,18-19H,7-8,11-15H2,1-3H3;1-6H;1-2H3. The van der Waals surface area contributed by atoms with E-state index < -0.39 is 5.97 Å². The predicted octanol–water partition coefficient (Wildman–Crippen LogP) is 6.09. The molecule has 2 aromatic carbocycles. The van der Waals surface area contributed by atoms with Gasteiger partial charge in [0.2, 0.25) is 0 Å². The normalized spacial score (nSPS) is 20.5. The zero-order chi connectivity index (χ0) is 31.2. The maximum absolute atomic E-state index is 13.3. The van der Waals surface area contributed by atoms with Crippen molar-refractivity contribution in [3.05, 3.63) is 83.9 Å². The fraction of sp³-hybridized carbons (Fsp3) is 0.429. The largest absolute Gasteiger partial charge is 0.464 e. The lowest BCUT2D eigenvalue weighted by Crippen LogP contribution is -2.33. The van der Waals surface area contributed by atoms with Gasteiger partial charge in [-0.05, 0) is 43.0 Å². The minimum Gasteiger partial charge on any atom is -0.464 e. The molecule has 0 spiro atoms. The number of aryl methyl sites for hydroxylation is 1. The molecule has 232 valence electrons. The van der Waals surface area contributed by atoms with Crippen LogP contribution in [0.1, 0.15) is 53.9 Å². The van der Waals surface area contributed by atoms with Gasteiger partial charge < -0.3 is 23.9 Å². The molecule has 9 nitrogen and oxygen atoms in total. The van der Waals surface area contributed by atoms with Gasteiger partial charge in [0.15, 0.2) is 11.3 Å². The van der Waals surface area contributed by atoms with Gasteiger partial charge in [-0.2, -0.15) is 0 Å². The van der Waals surface area contributed by atoms with Gasteiger partial charge in [0, 0.05) is 62.9 Å². The van der Waals surface area contributed by atoms with Gasteiger partial charge in [-0.15, -0.1) is 0 Å². The number of hydrogen-bond acceptors (Lipinski definition) is 8. The van der Waals surface area contributed by atoms with Crippen molar-refractivity contribution >= 4 is 34.5 Å². The Morgan fingerprint density at radius 1 is 0.864 bits per heavy atom. The van der Waals surface area contributed by atoms with Gasteiger partial charge in [0.1, 0.15) is 11.3 Å². The third-order valence-corrected chi connectivity index (χ3v) is 8.54. The number of benzene rings is 2. The summed E-state index contributed by atoms with van der Waals surface area (Å²) in [6.45, 7) is 13.3. The highest BCUT2D eigenvalue weighted by molar-refractivity contribution is 5.94. The number of hydrogen-bond donors (Lipinski definition) is 0. The first kappa shape index (κ1) is 31.0. The summed E-state index contributed by atoms with van der Waals surface area (Å²) in [4.78, 5) is 40.7. The summed E-state index contributed by atoms with van der Waals surface area (Å²) < 4.78 is 10.8. The lowest BCUT2D eigenvalue weighted by molar-refractivity contribution is 0.0593. The average Bonchev–Trinajstić information content (AvgIpc) is 3.86. The van der Waals surface area contributed by atoms with Crippen molar-refractivity contribution in [3.8, 4) is 0 Å². The highest BCUT2D eigenvalue weighted by Gasteiger charge is 2.43. The molecule has 0 aliphatic carbocycles. The van der Waals surface area contributed by atoms with Crippen LogP contribution in [0.4, 0.5) is 11.5 Å². The van der Waals surface area contributed by atoms with Crippen molar-refractivity contribution in [2.24, 2.45) is 17.8 Å². The lowest BCUT2D eigenvalue weighted by Gasteiger charge is -2.22. The number of rotatable bonds is 4. The van der Waals surface area contributed by atoms with E-state index in [1.54, 1.807) is 6.07 Å². The number of carbonyl (C=O) groups excluding carboxylic acids is 2. The molecule has 3 saturated heterocycles. The Balaban J connectivity index is 0.000000425. The lowest BCUT2D eigenvalue weighted by atomic mass is 10.0. The number of methoxy groups -OCH3 is 1. The van der Waals surface area contributed by atoms with E-state index >= 15 is 0 Å². The molecule has 3 aliphatic rings. The monoisotopic (exact) mass is 597 g/mol. The molecule has 44 heavy (non-hydrogen) atoms. The van der Waals surface area contributed by atoms with E-state index in [9.17, 15) is 9.59 Å². The molecule has 7 rings (SSSR count). The topological polar surface area (TPSA) is 92.0 Å². The molecule has 1 amide bonds. The number of likely N-dealkylation sites (tertiary alicyclic amines) is 1. The van der Waals surface area contributed by atoms with Crippen LogP contribution in [0.15, 0.2) is 71.1 Å². The minimum atomic E-state index is -0.441. The molecule has 0 bridgehead atoms. The summed E-state index contributed by atoms with van der Waals surface area (Å²) in [6, 6.07) is 21.6. The van der Waals surface area contributed by atoms with E-state index in [4.69, 9.17) is 9.15 Å². The van der Waals surface area contributed by atoms with E-state index in [2.05, 4.69) is 32.8 Å². The van der Waals surface area contributed by atoms with E-state index in [1.165, 1.54) is 13.5 Å². The minimum absolute atomic E-state index is 0.145. The second kappa shape index (κ2) is 13.9. The SMILES string of the molecule is CC.COC(=O)c1cccc(N2CC3CN(C(=O)c4nc5c(C)cc(N6CCC(C)C6)cc5o4)CC3C2)n1.c1ccccc1. The zero-order valence-electron chi connectivity index (χ0n) is 26.4. The van der Waals surface area contributed by atoms with Crippen molar-refractivity contribution in [1.29, 1.82) is 0 Å². The summed E-state index contributed by atoms with van der Waals surface area (Å²) in [5.74, 6) is 1.72. The number of esters is 1. The van der Waals surface area contributed by atoms with Crippen molar-refractivity contribution in [2.75, 3.05) is 56.2 Å². The van der Waals surface area contributed by atoms with Crippen molar-refractivity contribution in [3.63, 3.8) is 0 Å². The first-order valence-electron chi connectivity index (χ1n) is 15.7. The number of oxazole rings is 1. The Labute approximate surface area is 259 Å². The second-order valence-corrected chi connectivity index (χ2v) is 11.6. The van der Waals surface area contributed by atoms with Crippen LogP contribution < -0.4 is 9.80 Å². The number of amides is 1. The highest BCUT2D eigenvalue weighted by Crippen LogP contribution is 2.35. The fourth-order valence-corrected chi connectivity index (χ4v) is 6.31. The van der Waals surface area contributed by atoms with Crippen LogP contribution in [0.3, 0.4) is 0 Å². The predicted molar refractivity (Wildman–Crippen MR) is 173 cm³/mol. The smallest absolute Gasteiger partial charge is 0.356 e. The van der Waals surface area contributed by atoms with Crippen LogP contribution in [0.2, 0.25) is 0 Å². The Morgan fingerprint density at radius 3 is 2.11 bits per heavy atom. The number of anilines is 2. The number of carbonyl (C=O) groups is 2. The third-order valence-electron chi connectivity index (χ3n) is 8.54. The number of aromatic nitrogens is 2. The molecule has 3 fully saturated rings. The van der Waals surface area contributed by atoms with Gasteiger partial charge >= 0.3 is 11.9 Å². The van der Waals surface area contributed by atoms with Gasteiger partial charge in [-0.25, -0.2) is 14.8 Å². The Kier molecular flexibility index (Phi) is 9.82. The maximum atomic E-state index is 13.3. The highest BCUT2D eigenvalue weighted by atomic mass is 16.5. The molecular weight excluding hydrogens is 554 g/mol. The summed E-state index contributed by atoms with van der Waals surface area (Å²) in [6.07, 6.45) is 1.19. The molecule has 5 heterocycles. The molecule has 3 atom stereocenters. The Hall–Kier alpha value is -4.40. The van der Waals surface area contributed by atoms with Crippen LogP contribution in [0, 0.1) is 24.7 Å². The van der Waals surface area contributed by atoms with Crippen LogP contribution in [0.5, 0.6) is 0 Å². The Bertz CT molecular complexity index is 1530. The first-order valence-corrected chi connectivity index (χ1v) is 15.7. The number of pyridine rings is 1. The van der Waals surface area contributed by atoms with Crippen LogP contribution in [-0.4, -0.2) is 73.1 Å². The molecule has 9 heteroatoms. The van der Waals surface area contributed by atoms with Crippen molar-refractivity contribution in [2.45, 2.75) is 34.1 Å². The van der Waals surface area contributed by atoms with Crippen LogP contribution in [0.25, 0.3) is 11.1 Å². The van der Waals surface area contributed by atoms with E-state index in [-0.39, 0.29) is 11.8 Å². The number of nitrogens with zero attached hydrogens (tertiary/aromatic N) is 5. The van der Waals surface area contributed by atoms with E-state index in [0.29, 0.717) is 42.1 Å². The summed E-state index contributed by atoms with van der Waals surface area (Å²) >= 11 is 0. The average molecular weight is 598 g/mol. The first-order chi connectivity index (χ1) is 21.4. The molecule has 0 radical (unpaired) electrons. The number of ether oxygens (including phenoxy) is 1. The molecule has 0 saturated carbocycles. The van der Waals surface area contributed by atoms with E-state index in [1.807, 2.05) is 80.3 Å². The molecule has 0 N–H and O–H groups in total. The molecule has 4 aromatic rings. The van der Waals surface area contributed by atoms with Gasteiger partial charge in [-0.3, -0.25) is 4.79 Å². The van der Waals surface area contributed by atoms with Gasteiger partial charge in [0.25, 0.3) is 5.89 Å². The molecule has 3 unspecified atom stereocenters. The summed E-state index contributed by atoms with van der Waals surface area (Å²) in [7, 11) is 1.35. The van der Waals surface area contributed by atoms with E-state index in [0.717, 1.165) is 48.8 Å². The quantitative estimate of drug-likeness (QED) is 0.261. The van der Waals surface area contributed by atoms with Crippen LogP contribution >= 0.6 is 0 Å². The summed E-state index contributed by atoms with van der Waals surface area (Å²) in [5.41, 5.74) is 3.91. The van der Waals surface area contributed by atoms with Crippen LogP contribution in [-0.2, 0) is 4.74 Å².